The highest BCUT2D eigenvalue weighted by atomic mass is 32.3. The van der Waals surface area contributed by atoms with E-state index in [0.717, 1.165) is 0 Å². The molecule has 2 N–H and O–H groups in total. The van der Waals surface area contributed by atoms with E-state index >= 15 is 0 Å². The fourth-order valence-electron chi connectivity index (χ4n) is 0.518. The van der Waals surface area contributed by atoms with E-state index in [9.17, 15) is 18.0 Å². The summed E-state index contributed by atoms with van der Waals surface area (Å²) in [5.41, 5.74) is 0. The van der Waals surface area contributed by atoms with Gasteiger partial charge in [0.15, 0.2) is 12.2 Å². The molecule has 0 aromatic rings. The molecule has 2 atom stereocenters. The van der Waals surface area contributed by atoms with Gasteiger partial charge in [0, 0.05) is 0 Å². The van der Waals surface area contributed by atoms with Crippen LogP contribution in [0.25, 0.3) is 0 Å². The summed E-state index contributed by atoms with van der Waals surface area (Å²) in [5.74, 6) is -3.40. The average Bonchev–Trinajstić information content (AvgIpc) is 2.21. The molecule has 0 saturated carbocycles. The lowest BCUT2D eigenvalue weighted by Crippen LogP contribution is -2.40. The van der Waals surface area contributed by atoms with Gasteiger partial charge in [-0.25, -0.2) is 9.59 Å². The Labute approximate surface area is 82.1 Å². The molecular weight excluding hydrogens is 240 g/mol. The van der Waals surface area contributed by atoms with Crippen molar-refractivity contribution in [1.29, 1.82) is 0 Å². The number of hydrogen-bond acceptors (Lipinski definition) is 10. The molecule has 0 radical (unpaired) electrons. The van der Waals surface area contributed by atoms with Crippen molar-refractivity contribution in [2.45, 2.75) is 12.2 Å². The maximum absolute atomic E-state index is 10.7. The second-order valence-electron chi connectivity index (χ2n) is 2.24. The van der Waals surface area contributed by atoms with Crippen LogP contribution in [0.4, 0.5) is 0 Å². The van der Waals surface area contributed by atoms with E-state index in [1.807, 2.05) is 0 Å². The summed E-state index contributed by atoms with van der Waals surface area (Å²) in [6.07, 6.45) is -4.70. The van der Waals surface area contributed by atoms with Crippen LogP contribution in [0.5, 0.6) is 0 Å². The normalized spacial score (nSPS) is 31.9. The molecule has 1 saturated heterocycles. The molecule has 1 fully saturated rings. The van der Waals surface area contributed by atoms with Gasteiger partial charge in [0.2, 0.25) is 0 Å². The third kappa shape index (κ3) is 2.84. The van der Waals surface area contributed by atoms with Crippen LogP contribution in [0, 0.1) is 0 Å². The number of hydrogen-bond donors (Lipinski definition) is 2. The third-order valence-electron chi connectivity index (χ3n) is 1.18. The number of aliphatic hydroxyl groups is 2. The molecule has 0 spiro atoms. The van der Waals surface area contributed by atoms with Gasteiger partial charge in [0.05, 0.1) is 0 Å². The second-order valence-corrected chi connectivity index (χ2v) is 3.33. The first-order valence-electron chi connectivity index (χ1n) is 3.24. The van der Waals surface area contributed by atoms with Gasteiger partial charge < -0.3 is 10.2 Å². The molecule has 2 unspecified atom stereocenters. The van der Waals surface area contributed by atoms with Crippen molar-refractivity contribution in [3.8, 4) is 0 Å². The van der Waals surface area contributed by atoms with Crippen LogP contribution in [-0.4, -0.2) is 42.8 Å². The van der Waals surface area contributed by atoms with Crippen molar-refractivity contribution in [2.24, 2.45) is 0 Å². The molecule has 11 heteroatoms. The summed E-state index contributed by atoms with van der Waals surface area (Å²) in [4.78, 5) is 28.4. The van der Waals surface area contributed by atoms with Crippen molar-refractivity contribution in [3.05, 3.63) is 0 Å². The topological polar surface area (TPSA) is 146 Å². The van der Waals surface area contributed by atoms with Crippen molar-refractivity contribution in [1.82, 2.24) is 0 Å². The minimum absolute atomic E-state index is 1.70. The zero-order valence-corrected chi connectivity index (χ0v) is 7.54. The van der Waals surface area contributed by atoms with Crippen molar-refractivity contribution < 1.29 is 46.7 Å². The first kappa shape index (κ1) is 11.8. The van der Waals surface area contributed by atoms with Crippen LogP contribution < -0.4 is 0 Å². The number of aliphatic hydroxyl groups excluding tert-OH is 2. The van der Waals surface area contributed by atoms with E-state index in [1.54, 1.807) is 0 Å². The Kier molecular flexibility index (Phi) is 3.21. The van der Waals surface area contributed by atoms with Crippen molar-refractivity contribution in [2.75, 3.05) is 0 Å². The maximum atomic E-state index is 10.7. The minimum Gasteiger partial charge on any atom is -0.378 e. The maximum Gasteiger partial charge on any atom is 0.471 e. The van der Waals surface area contributed by atoms with Gasteiger partial charge in [-0.2, -0.15) is 8.42 Å². The SMILES string of the molecule is O=C1OOS(=O)(=O)OOC(=O)C(O)C1O. The lowest BCUT2D eigenvalue weighted by atomic mass is 10.2. The summed E-state index contributed by atoms with van der Waals surface area (Å²) in [5, 5.41) is 17.7. The molecule has 1 aliphatic rings. The van der Waals surface area contributed by atoms with Crippen molar-refractivity contribution >= 4 is 22.3 Å². The van der Waals surface area contributed by atoms with E-state index in [2.05, 4.69) is 18.4 Å². The molecule has 1 heterocycles. The quantitative estimate of drug-likeness (QED) is 0.420. The predicted octanol–water partition coefficient (Wildman–Crippen LogP) is -3.08. The average molecular weight is 244 g/mol. The van der Waals surface area contributed by atoms with E-state index in [0.29, 0.717) is 0 Å². The van der Waals surface area contributed by atoms with Gasteiger partial charge in [-0.05, 0) is 8.67 Å². The third-order valence-corrected chi connectivity index (χ3v) is 1.65. The number of rotatable bonds is 0. The Morgan fingerprint density at radius 3 is 1.60 bits per heavy atom. The zero-order valence-electron chi connectivity index (χ0n) is 6.72. The summed E-state index contributed by atoms with van der Waals surface area (Å²) in [6.45, 7) is 0. The first-order valence-corrected chi connectivity index (χ1v) is 4.58. The number of carbonyl (C=O) groups excluding carboxylic acids is 2. The van der Waals surface area contributed by atoms with E-state index in [4.69, 9.17) is 10.2 Å². The first-order chi connectivity index (χ1) is 6.83. The molecule has 0 aromatic heterocycles. The Hall–Kier alpha value is -1.27. The summed E-state index contributed by atoms with van der Waals surface area (Å²) >= 11 is 0. The van der Waals surface area contributed by atoms with Crippen molar-refractivity contribution in [3.63, 3.8) is 0 Å². The van der Waals surface area contributed by atoms with E-state index in [1.165, 1.54) is 0 Å². The van der Waals surface area contributed by atoms with E-state index < -0.39 is 34.5 Å². The Balaban J connectivity index is 2.92. The molecule has 0 bridgehead atoms. The van der Waals surface area contributed by atoms with Crippen LogP contribution in [0.1, 0.15) is 0 Å². The van der Waals surface area contributed by atoms with Gasteiger partial charge in [0.25, 0.3) is 0 Å². The molecule has 0 aromatic carbocycles. The lowest BCUT2D eigenvalue weighted by molar-refractivity contribution is -0.241. The largest absolute Gasteiger partial charge is 0.471 e. The second kappa shape index (κ2) is 4.08. The van der Waals surface area contributed by atoms with Gasteiger partial charge in [-0.3, -0.25) is 9.78 Å². The smallest absolute Gasteiger partial charge is 0.378 e. The summed E-state index contributed by atoms with van der Waals surface area (Å²) in [6, 6.07) is 0. The lowest BCUT2D eigenvalue weighted by Gasteiger charge is -2.09. The molecule has 0 amide bonds. The van der Waals surface area contributed by atoms with Crippen LogP contribution in [-0.2, 0) is 38.4 Å². The molecule has 1 aliphatic heterocycles. The predicted molar refractivity (Wildman–Crippen MR) is 35.3 cm³/mol. The fourth-order valence-corrected chi connectivity index (χ4v) is 0.842. The summed E-state index contributed by atoms with van der Waals surface area (Å²) < 4.78 is 27.8. The van der Waals surface area contributed by atoms with E-state index in [-0.39, 0.29) is 0 Å². The Morgan fingerprint density at radius 2 is 1.27 bits per heavy atom. The monoisotopic (exact) mass is 244 g/mol. The van der Waals surface area contributed by atoms with Gasteiger partial charge >= 0.3 is 22.3 Å². The van der Waals surface area contributed by atoms with Crippen LogP contribution in [0.2, 0.25) is 0 Å². The summed E-state index contributed by atoms with van der Waals surface area (Å²) in [7, 11) is -4.89. The fraction of sp³-hybridized carbons (Fsp3) is 0.500. The molecule has 15 heavy (non-hydrogen) atoms. The molecule has 86 valence electrons. The zero-order chi connectivity index (χ0) is 11.6. The minimum atomic E-state index is -4.89. The van der Waals surface area contributed by atoms with Crippen LogP contribution in [0.15, 0.2) is 0 Å². The highest BCUT2D eigenvalue weighted by Gasteiger charge is 2.38. The van der Waals surface area contributed by atoms with Gasteiger partial charge in [0.1, 0.15) is 0 Å². The highest BCUT2D eigenvalue weighted by molar-refractivity contribution is 7.81. The standard InChI is InChI=1S/C4H4O10S/c5-1-2(6)4(8)12-14-15(9,10)13-11-3(1)7/h1-2,5-6H. The molecule has 0 aliphatic carbocycles. The number of carbonyl (C=O) groups is 2. The van der Waals surface area contributed by atoms with Gasteiger partial charge in [-0.15, -0.1) is 0 Å². The molecule has 10 nitrogen and oxygen atoms in total. The Morgan fingerprint density at radius 1 is 0.933 bits per heavy atom. The van der Waals surface area contributed by atoms with Crippen LogP contribution >= 0.6 is 0 Å². The highest BCUT2D eigenvalue weighted by Crippen LogP contribution is 2.08. The molecule has 1 rings (SSSR count). The van der Waals surface area contributed by atoms with Gasteiger partial charge in [-0.1, -0.05) is 0 Å². The van der Waals surface area contributed by atoms with Crippen LogP contribution in [0.3, 0.4) is 0 Å². The molecular formula is C4H4O10S. The Bertz CT molecular complexity index is 339.